The number of benzene rings is 1. The van der Waals surface area contributed by atoms with Gasteiger partial charge in [-0.3, -0.25) is 0 Å². The first-order valence-electron chi connectivity index (χ1n) is 7.14. The molecule has 1 aromatic carbocycles. The summed E-state index contributed by atoms with van der Waals surface area (Å²) in [6.45, 7) is 0.511. The van der Waals surface area contributed by atoms with Gasteiger partial charge in [-0.1, -0.05) is 6.07 Å². The lowest BCUT2D eigenvalue weighted by Gasteiger charge is -2.18. The topological polar surface area (TPSA) is 81.4 Å². The fourth-order valence-electron chi connectivity index (χ4n) is 2.36. The molecule has 2 aliphatic carbocycles. The SMILES string of the molecule is NS(=O)(=O)NC(c1ccc(F)c(OCC2CC2)c1)C1CC1. The van der Waals surface area contributed by atoms with Gasteiger partial charge in [0.05, 0.1) is 12.6 Å². The Bertz CT molecular complexity index is 627. The largest absolute Gasteiger partial charge is 0.490 e. The van der Waals surface area contributed by atoms with Crippen molar-refractivity contribution in [2.75, 3.05) is 6.61 Å². The predicted molar refractivity (Wildman–Crippen MR) is 76.3 cm³/mol. The first-order chi connectivity index (χ1) is 9.92. The summed E-state index contributed by atoms with van der Waals surface area (Å²) < 4.78 is 44.3. The van der Waals surface area contributed by atoms with Crippen molar-refractivity contribution >= 4 is 10.2 Å². The van der Waals surface area contributed by atoms with Crippen molar-refractivity contribution in [3.8, 4) is 5.75 Å². The molecule has 1 unspecified atom stereocenters. The molecule has 0 spiro atoms. The van der Waals surface area contributed by atoms with Crippen LogP contribution in [0.15, 0.2) is 18.2 Å². The van der Waals surface area contributed by atoms with Gasteiger partial charge >= 0.3 is 0 Å². The normalized spacial score (nSPS) is 20.3. The summed E-state index contributed by atoms with van der Waals surface area (Å²) in [5, 5.41) is 5.07. The van der Waals surface area contributed by atoms with Gasteiger partial charge in [-0.05, 0) is 55.2 Å². The van der Waals surface area contributed by atoms with Gasteiger partial charge in [0.1, 0.15) is 0 Å². The molecule has 5 nitrogen and oxygen atoms in total. The van der Waals surface area contributed by atoms with Gasteiger partial charge in [-0.2, -0.15) is 13.1 Å². The summed E-state index contributed by atoms with van der Waals surface area (Å²) in [4.78, 5) is 0. The van der Waals surface area contributed by atoms with Crippen LogP contribution in [-0.2, 0) is 10.2 Å². The van der Waals surface area contributed by atoms with Gasteiger partial charge in [-0.15, -0.1) is 0 Å². The summed E-state index contributed by atoms with van der Waals surface area (Å²) in [5.41, 5.74) is 0.693. The molecular weight excluding hydrogens is 295 g/mol. The Hall–Kier alpha value is -1.18. The van der Waals surface area contributed by atoms with Crippen molar-refractivity contribution in [2.24, 2.45) is 17.0 Å². The molecule has 0 bridgehead atoms. The zero-order valence-corrected chi connectivity index (χ0v) is 12.4. The number of nitrogens with two attached hydrogens (primary N) is 1. The van der Waals surface area contributed by atoms with Gasteiger partial charge in [0, 0.05) is 0 Å². The summed E-state index contributed by atoms with van der Waals surface area (Å²) in [5.74, 6) is 0.491. The minimum absolute atomic E-state index is 0.182. The van der Waals surface area contributed by atoms with Gasteiger partial charge < -0.3 is 4.74 Å². The molecule has 116 valence electrons. The van der Waals surface area contributed by atoms with Crippen LogP contribution in [0, 0.1) is 17.7 Å². The molecule has 3 N–H and O–H groups in total. The third-order valence-corrected chi connectivity index (χ3v) is 4.45. The second-order valence-electron chi connectivity index (χ2n) is 5.92. The quantitative estimate of drug-likeness (QED) is 0.806. The number of halogens is 1. The van der Waals surface area contributed by atoms with Crippen LogP contribution >= 0.6 is 0 Å². The number of ether oxygens (including phenoxy) is 1. The maximum absolute atomic E-state index is 13.8. The summed E-state index contributed by atoms with van der Waals surface area (Å²) in [6, 6.07) is 4.07. The van der Waals surface area contributed by atoms with Crippen LogP contribution < -0.4 is 14.6 Å². The monoisotopic (exact) mass is 314 g/mol. The van der Waals surface area contributed by atoms with E-state index in [1.807, 2.05) is 0 Å². The van der Waals surface area contributed by atoms with E-state index in [2.05, 4.69) is 4.72 Å². The average molecular weight is 314 g/mol. The third-order valence-electron chi connectivity index (χ3n) is 3.87. The second-order valence-corrected chi connectivity index (χ2v) is 7.25. The fraction of sp³-hybridized carbons (Fsp3) is 0.571. The molecule has 2 fully saturated rings. The maximum Gasteiger partial charge on any atom is 0.274 e. The Labute approximate surface area is 123 Å². The van der Waals surface area contributed by atoms with E-state index in [1.54, 1.807) is 12.1 Å². The van der Waals surface area contributed by atoms with Crippen LogP contribution in [0.25, 0.3) is 0 Å². The molecule has 21 heavy (non-hydrogen) atoms. The highest BCUT2D eigenvalue weighted by atomic mass is 32.2. The predicted octanol–water partition coefficient (Wildman–Crippen LogP) is 1.86. The molecule has 0 aromatic heterocycles. The van der Waals surface area contributed by atoms with E-state index in [4.69, 9.17) is 9.88 Å². The number of rotatable bonds is 7. The highest BCUT2D eigenvalue weighted by molar-refractivity contribution is 7.87. The van der Waals surface area contributed by atoms with E-state index in [1.165, 1.54) is 6.07 Å². The van der Waals surface area contributed by atoms with Crippen molar-refractivity contribution < 1.29 is 17.5 Å². The zero-order valence-electron chi connectivity index (χ0n) is 11.6. The lowest BCUT2D eigenvalue weighted by Crippen LogP contribution is -2.35. The van der Waals surface area contributed by atoms with Crippen molar-refractivity contribution in [1.29, 1.82) is 0 Å². The molecule has 7 heteroatoms. The Morgan fingerprint density at radius 3 is 2.62 bits per heavy atom. The molecule has 0 heterocycles. The number of hydrogen-bond acceptors (Lipinski definition) is 3. The molecule has 0 radical (unpaired) electrons. The lowest BCUT2D eigenvalue weighted by atomic mass is 10.0. The molecular formula is C14H19FN2O3S. The fourth-order valence-corrected chi connectivity index (χ4v) is 3.04. The van der Waals surface area contributed by atoms with Crippen LogP contribution in [0.2, 0.25) is 0 Å². The highest BCUT2D eigenvalue weighted by Gasteiger charge is 2.34. The standard InChI is InChI=1S/C14H19FN2O3S/c15-12-6-5-11(7-13(12)20-8-9-1-2-9)14(10-3-4-10)17-21(16,18)19/h5-7,9-10,14,17H,1-4,8H2,(H2,16,18,19). The average Bonchev–Trinajstić information content (AvgIpc) is 3.26. The van der Waals surface area contributed by atoms with Crippen molar-refractivity contribution in [2.45, 2.75) is 31.7 Å². The number of nitrogens with one attached hydrogen (secondary N) is 1. The van der Waals surface area contributed by atoms with Gasteiger partial charge in [0.2, 0.25) is 0 Å². The Morgan fingerprint density at radius 2 is 2.05 bits per heavy atom. The van der Waals surface area contributed by atoms with Gasteiger partial charge in [0.15, 0.2) is 11.6 Å². The highest BCUT2D eigenvalue weighted by Crippen LogP contribution is 2.42. The maximum atomic E-state index is 13.8. The van der Waals surface area contributed by atoms with Crippen molar-refractivity contribution in [3.63, 3.8) is 0 Å². The Kier molecular flexibility index (Phi) is 3.90. The third kappa shape index (κ3) is 4.15. The van der Waals surface area contributed by atoms with Crippen LogP contribution in [0.5, 0.6) is 5.75 Å². The molecule has 3 rings (SSSR count). The summed E-state index contributed by atoms with van der Waals surface area (Å²) in [6.07, 6.45) is 4.11. The lowest BCUT2D eigenvalue weighted by molar-refractivity contribution is 0.284. The van der Waals surface area contributed by atoms with E-state index >= 15 is 0 Å². The molecule has 1 aromatic rings. The van der Waals surface area contributed by atoms with Crippen LogP contribution in [0.4, 0.5) is 4.39 Å². The van der Waals surface area contributed by atoms with E-state index in [-0.39, 0.29) is 11.7 Å². The molecule has 0 aliphatic heterocycles. The minimum atomic E-state index is -3.80. The first kappa shape index (κ1) is 14.7. The minimum Gasteiger partial charge on any atom is -0.490 e. The van der Waals surface area contributed by atoms with Gasteiger partial charge in [0.25, 0.3) is 10.2 Å². The van der Waals surface area contributed by atoms with Crippen molar-refractivity contribution in [3.05, 3.63) is 29.6 Å². The molecule has 0 amide bonds. The number of hydrogen-bond donors (Lipinski definition) is 2. The molecule has 1 atom stereocenters. The van der Waals surface area contributed by atoms with E-state index < -0.39 is 22.1 Å². The molecule has 0 saturated heterocycles. The van der Waals surface area contributed by atoms with Gasteiger partial charge in [-0.25, -0.2) is 9.53 Å². The van der Waals surface area contributed by atoms with E-state index in [0.29, 0.717) is 18.1 Å². The van der Waals surface area contributed by atoms with Crippen LogP contribution in [0.3, 0.4) is 0 Å². The summed E-state index contributed by atoms with van der Waals surface area (Å²) in [7, 11) is -3.80. The van der Waals surface area contributed by atoms with Crippen LogP contribution in [-0.4, -0.2) is 15.0 Å². The Morgan fingerprint density at radius 1 is 1.33 bits per heavy atom. The second kappa shape index (κ2) is 5.55. The van der Waals surface area contributed by atoms with E-state index in [0.717, 1.165) is 25.7 Å². The Balaban J connectivity index is 1.79. The zero-order chi connectivity index (χ0) is 15.0. The van der Waals surface area contributed by atoms with Crippen molar-refractivity contribution in [1.82, 2.24) is 4.72 Å². The first-order valence-corrected chi connectivity index (χ1v) is 8.69. The molecule has 2 saturated carbocycles. The summed E-state index contributed by atoms with van der Waals surface area (Å²) >= 11 is 0. The smallest absolute Gasteiger partial charge is 0.274 e. The van der Waals surface area contributed by atoms with Crippen LogP contribution in [0.1, 0.15) is 37.3 Å². The van der Waals surface area contributed by atoms with E-state index in [9.17, 15) is 12.8 Å². The molecule has 2 aliphatic rings.